The van der Waals surface area contributed by atoms with E-state index in [0.29, 0.717) is 12.0 Å². The lowest BCUT2D eigenvalue weighted by atomic mass is 10.1. The lowest BCUT2D eigenvalue weighted by molar-refractivity contribution is 0.563. The number of fused-ring (bicyclic) bond motifs is 1. The number of nitrogens with one attached hydrogen (secondary N) is 1. The van der Waals surface area contributed by atoms with Gasteiger partial charge in [0.15, 0.2) is 0 Å². The van der Waals surface area contributed by atoms with Crippen LogP contribution < -0.4 is 5.32 Å². The summed E-state index contributed by atoms with van der Waals surface area (Å²) < 4.78 is 0. The third-order valence-electron chi connectivity index (χ3n) is 3.85. The summed E-state index contributed by atoms with van der Waals surface area (Å²) in [5.41, 5.74) is 2.23. The van der Waals surface area contributed by atoms with Crippen LogP contribution in [-0.2, 0) is 0 Å². The molecule has 3 rings (SSSR count). The third-order valence-corrected chi connectivity index (χ3v) is 4.24. The molecule has 1 heterocycles. The second-order valence-corrected chi connectivity index (χ2v) is 5.28. The van der Waals surface area contributed by atoms with Crippen LogP contribution in [0.5, 0.6) is 0 Å². The fourth-order valence-electron chi connectivity index (χ4n) is 2.83. The maximum Gasteiger partial charge on any atom is 0.0722 e. The molecule has 1 fully saturated rings. The molecular weight excluding hydrogens is 244 g/mol. The Kier molecular flexibility index (Phi) is 3.37. The van der Waals surface area contributed by atoms with Crippen LogP contribution in [0.1, 0.15) is 19.3 Å². The van der Waals surface area contributed by atoms with Crippen molar-refractivity contribution in [3.8, 4) is 0 Å². The molecule has 0 spiro atoms. The molecule has 0 amide bonds. The minimum Gasteiger partial charge on any atom is -0.381 e. The molecule has 0 bridgehead atoms. The standard InChI is InChI=1S/C15H17ClN2/c16-10-11-4-3-7-13(11)18-15-8-9-17-14-6-2-1-5-12(14)15/h1-2,5-6,8-9,11,13H,3-4,7,10H2,(H,17,18). The molecule has 0 aliphatic heterocycles. The van der Waals surface area contributed by atoms with E-state index in [2.05, 4.69) is 28.5 Å². The highest BCUT2D eigenvalue weighted by Crippen LogP contribution is 2.31. The molecule has 2 aromatic rings. The SMILES string of the molecule is ClCC1CCCC1Nc1ccnc2ccccc12. The minimum absolute atomic E-state index is 0.508. The van der Waals surface area contributed by atoms with Crippen molar-refractivity contribution >= 4 is 28.2 Å². The first-order valence-corrected chi connectivity index (χ1v) is 7.08. The summed E-state index contributed by atoms with van der Waals surface area (Å²) in [6.07, 6.45) is 5.60. The first kappa shape index (κ1) is 11.8. The van der Waals surface area contributed by atoms with Crippen LogP contribution >= 0.6 is 11.6 Å². The molecule has 1 aromatic carbocycles. The number of hydrogen-bond donors (Lipinski definition) is 1. The topological polar surface area (TPSA) is 24.9 Å². The summed E-state index contributed by atoms with van der Waals surface area (Å²) in [4.78, 5) is 4.39. The highest BCUT2D eigenvalue weighted by atomic mass is 35.5. The maximum absolute atomic E-state index is 6.03. The zero-order valence-corrected chi connectivity index (χ0v) is 11.0. The molecule has 1 saturated carbocycles. The molecule has 2 unspecified atom stereocenters. The van der Waals surface area contributed by atoms with Gasteiger partial charge in [0, 0.05) is 29.2 Å². The number of nitrogens with zero attached hydrogens (tertiary/aromatic N) is 1. The van der Waals surface area contributed by atoms with Crippen LogP contribution in [0.15, 0.2) is 36.5 Å². The normalized spacial score (nSPS) is 23.4. The van der Waals surface area contributed by atoms with Gasteiger partial charge in [-0.1, -0.05) is 24.6 Å². The molecule has 94 valence electrons. The average molecular weight is 261 g/mol. The quantitative estimate of drug-likeness (QED) is 0.842. The van der Waals surface area contributed by atoms with Gasteiger partial charge in [0.2, 0.25) is 0 Å². The number of pyridine rings is 1. The van der Waals surface area contributed by atoms with Crippen LogP contribution in [0.4, 0.5) is 5.69 Å². The van der Waals surface area contributed by atoms with Crippen LogP contribution in [0.2, 0.25) is 0 Å². The zero-order valence-electron chi connectivity index (χ0n) is 10.3. The van der Waals surface area contributed by atoms with Gasteiger partial charge in [-0.3, -0.25) is 4.98 Å². The van der Waals surface area contributed by atoms with E-state index in [4.69, 9.17) is 11.6 Å². The van der Waals surface area contributed by atoms with Gasteiger partial charge in [0.1, 0.15) is 0 Å². The van der Waals surface area contributed by atoms with Gasteiger partial charge in [-0.05, 0) is 30.9 Å². The Bertz CT molecular complexity index is 536. The predicted octanol–water partition coefficient (Wildman–Crippen LogP) is 4.05. The first-order chi connectivity index (χ1) is 8.88. The van der Waals surface area contributed by atoms with Crippen molar-refractivity contribution in [2.75, 3.05) is 11.2 Å². The second-order valence-electron chi connectivity index (χ2n) is 4.97. The predicted molar refractivity (Wildman–Crippen MR) is 77.2 cm³/mol. The van der Waals surface area contributed by atoms with Crippen LogP contribution in [0.3, 0.4) is 0 Å². The van der Waals surface area contributed by atoms with E-state index in [1.807, 2.05) is 18.3 Å². The van der Waals surface area contributed by atoms with Gasteiger partial charge in [-0.25, -0.2) is 0 Å². The Morgan fingerprint density at radius 3 is 3.00 bits per heavy atom. The number of hydrogen-bond acceptors (Lipinski definition) is 2. The van der Waals surface area contributed by atoms with E-state index in [-0.39, 0.29) is 0 Å². The fourth-order valence-corrected chi connectivity index (χ4v) is 3.20. The van der Waals surface area contributed by atoms with Crippen LogP contribution in [0.25, 0.3) is 10.9 Å². The lowest BCUT2D eigenvalue weighted by Crippen LogP contribution is -2.25. The van der Waals surface area contributed by atoms with Gasteiger partial charge >= 0.3 is 0 Å². The Balaban J connectivity index is 1.90. The Morgan fingerprint density at radius 2 is 2.11 bits per heavy atom. The van der Waals surface area contributed by atoms with Crippen molar-refractivity contribution < 1.29 is 0 Å². The van der Waals surface area contributed by atoms with Crippen molar-refractivity contribution in [2.45, 2.75) is 25.3 Å². The van der Waals surface area contributed by atoms with Gasteiger partial charge in [0.05, 0.1) is 5.52 Å². The van der Waals surface area contributed by atoms with Crippen molar-refractivity contribution in [3.63, 3.8) is 0 Å². The number of benzene rings is 1. The van der Waals surface area contributed by atoms with Crippen molar-refractivity contribution in [1.29, 1.82) is 0 Å². The molecule has 0 saturated heterocycles. The van der Waals surface area contributed by atoms with Crippen molar-refractivity contribution in [3.05, 3.63) is 36.5 Å². The number of alkyl halides is 1. The highest BCUT2D eigenvalue weighted by molar-refractivity contribution is 6.18. The molecule has 2 atom stereocenters. The van der Waals surface area contributed by atoms with Crippen LogP contribution in [0, 0.1) is 5.92 Å². The summed E-state index contributed by atoms with van der Waals surface area (Å²) in [7, 11) is 0. The number of para-hydroxylation sites is 1. The number of halogens is 1. The summed E-state index contributed by atoms with van der Waals surface area (Å²) >= 11 is 6.03. The van der Waals surface area contributed by atoms with E-state index in [1.54, 1.807) is 0 Å². The molecule has 2 nitrogen and oxygen atoms in total. The number of rotatable bonds is 3. The van der Waals surface area contributed by atoms with Crippen LogP contribution in [-0.4, -0.2) is 16.9 Å². The summed E-state index contributed by atoms with van der Waals surface area (Å²) in [5.74, 6) is 1.35. The average Bonchev–Trinajstić information content (AvgIpc) is 2.86. The van der Waals surface area contributed by atoms with E-state index in [1.165, 1.54) is 30.3 Å². The Labute approximate surface area is 112 Å². The summed E-state index contributed by atoms with van der Waals surface area (Å²) in [6, 6.07) is 10.8. The highest BCUT2D eigenvalue weighted by Gasteiger charge is 2.26. The lowest BCUT2D eigenvalue weighted by Gasteiger charge is -2.21. The summed E-state index contributed by atoms with van der Waals surface area (Å²) in [6.45, 7) is 0. The van der Waals surface area contributed by atoms with Crippen molar-refractivity contribution in [2.24, 2.45) is 5.92 Å². The minimum atomic E-state index is 0.508. The Hall–Kier alpha value is -1.28. The number of aromatic nitrogens is 1. The molecule has 1 aliphatic carbocycles. The molecular formula is C15H17ClN2. The second kappa shape index (κ2) is 5.15. The van der Waals surface area contributed by atoms with E-state index >= 15 is 0 Å². The van der Waals surface area contributed by atoms with Gasteiger partial charge in [-0.15, -0.1) is 11.6 Å². The molecule has 1 aliphatic rings. The number of anilines is 1. The fraction of sp³-hybridized carbons (Fsp3) is 0.400. The first-order valence-electron chi connectivity index (χ1n) is 6.55. The molecule has 1 aromatic heterocycles. The summed E-state index contributed by atoms with van der Waals surface area (Å²) in [5, 5.41) is 4.86. The third kappa shape index (κ3) is 2.17. The van der Waals surface area contributed by atoms with E-state index in [0.717, 1.165) is 11.4 Å². The largest absolute Gasteiger partial charge is 0.381 e. The van der Waals surface area contributed by atoms with Crippen molar-refractivity contribution in [1.82, 2.24) is 4.98 Å². The molecule has 18 heavy (non-hydrogen) atoms. The zero-order chi connectivity index (χ0) is 12.4. The Morgan fingerprint density at radius 1 is 1.22 bits per heavy atom. The molecule has 0 radical (unpaired) electrons. The molecule has 3 heteroatoms. The van der Waals surface area contributed by atoms with Gasteiger partial charge in [-0.2, -0.15) is 0 Å². The van der Waals surface area contributed by atoms with E-state index < -0.39 is 0 Å². The smallest absolute Gasteiger partial charge is 0.0722 e. The maximum atomic E-state index is 6.03. The van der Waals surface area contributed by atoms with E-state index in [9.17, 15) is 0 Å². The van der Waals surface area contributed by atoms with Gasteiger partial charge in [0.25, 0.3) is 0 Å². The van der Waals surface area contributed by atoms with Gasteiger partial charge < -0.3 is 5.32 Å². The molecule has 1 N–H and O–H groups in total. The monoisotopic (exact) mass is 260 g/mol.